The molecule has 0 spiro atoms. The van der Waals surface area contributed by atoms with Crippen molar-refractivity contribution in [3.63, 3.8) is 0 Å². The molecule has 102 valence electrons. The van der Waals surface area contributed by atoms with Crippen LogP contribution < -0.4 is 5.32 Å². The van der Waals surface area contributed by atoms with E-state index in [0.29, 0.717) is 0 Å². The minimum Gasteiger partial charge on any atom is -0.313 e. The minimum absolute atomic E-state index is 0.119. The maximum absolute atomic E-state index is 13.4. The zero-order chi connectivity index (χ0) is 13.8. The molecule has 0 aliphatic heterocycles. The smallest absolute Gasteiger partial charge is 0.123 e. The van der Waals surface area contributed by atoms with Gasteiger partial charge in [-0.3, -0.25) is 0 Å². The Labute approximate surface area is 126 Å². The first kappa shape index (κ1) is 14.7. The first-order valence-electron chi connectivity index (χ1n) is 6.33. The molecule has 2 rings (SSSR count). The highest BCUT2D eigenvalue weighted by Gasteiger charge is 2.15. The molecule has 0 aliphatic carbocycles. The average Bonchev–Trinajstić information content (AvgIpc) is 2.87. The maximum Gasteiger partial charge on any atom is 0.123 e. The summed E-state index contributed by atoms with van der Waals surface area (Å²) in [6.07, 6.45) is 1.95. The van der Waals surface area contributed by atoms with Gasteiger partial charge in [0.25, 0.3) is 0 Å². The van der Waals surface area contributed by atoms with Gasteiger partial charge in [-0.2, -0.15) is 0 Å². The van der Waals surface area contributed by atoms with Gasteiger partial charge in [0, 0.05) is 26.7 Å². The molecule has 2 aromatic rings. The summed E-state index contributed by atoms with van der Waals surface area (Å²) in [7, 11) is 1.91. The monoisotopic (exact) mass is 341 g/mol. The fourth-order valence-electron chi connectivity index (χ4n) is 2.07. The molecule has 4 heteroatoms. The Morgan fingerprint density at radius 2 is 2.00 bits per heavy atom. The molecule has 0 saturated carbocycles. The highest BCUT2D eigenvalue weighted by molar-refractivity contribution is 9.10. The van der Waals surface area contributed by atoms with Crippen molar-refractivity contribution in [2.45, 2.75) is 25.8 Å². The van der Waals surface area contributed by atoms with Gasteiger partial charge in [-0.25, -0.2) is 4.39 Å². The second-order valence-corrected chi connectivity index (χ2v) is 6.54. The van der Waals surface area contributed by atoms with Gasteiger partial charge >= 0.3 is 0 Å². The fourth-order valence-corrected chi connectivity index (χ4v) is 3.60. The maximum atomic E-state index is 13.4. The number of hydrogen-bond acceptors (Lipinski definition) is 2. The van der Waals surface area contributed by atoms with Crippen LogP contribution in [-0.4, -0.2) is 7.05 Å². The third-order valence-corrected chi connectivity index (χ3v) is 5.13. The number of likely N-dealkylation sites (N-methyl/N-ethyl adjacent to an activating group) is 1. The molecule has 0 radical (unpaired) electrons. The topological polar surface area (TPSA) is 12.0 Å². The van der Waals surface area contributed by atoms with Crippen molar-refractivity contribution in [2.24, 2.45) is 0 Å². The van der Waals surface area contributed by atoms with E-state index in [1.807, 2.05) is 18.4 Å². The van der Waals surface area contributed by atoms with Crippen LogP contribution in [0.15, 0.2) is 34.8 Å². The lowest BCUT2D eigenvalue weighted by molar-refractivity contribution is 0.578. The van der Waals surface area contributed by atoms with Crippen LogP contribution in [-0.2, 0) is 12.8 Å². The highest BCUT2D eigenvalue weighted by atomic mass is 79.9. The summed E-state index contributed by atoms with van der Waals surface area (Å²) in [5.41, 5.74) is 0.967. The Kier molecular flexibility index (Phi) is 5.13. The first-order valence-corrected chi connectivity index (χ1v) is 7.94. The molecule has 0 aliphatic rings. The molecule has 0 bridgehead atoms. The summed E-state index contributed by atoms with van der Waals surface area (Å²) in [4.78, 5) is 2.72. The van der Waals surface area contributed by atoms with Crippen LogP contribution >= 0.6 is 27.3 Å². The van der Waals surface area contributed by atoms with Crippen molar-refractivity contribution >= 4 is 27.3 Å². The molecule has 0 fully saturated rings. The van der Waals surface area contributed by atoms with E-state index in [4.69, 9.17) is 0 Å². The first-order chi connectivity index (χ1) is 9.13. The van der Waals surface area contributed by atoms with Crippen molar-refractivity contribution in [3.05, 3.63) is 55.9 Å². The second-order valence-electron chi connectivity index (χ2n) is 4.43. The lowest BCUT2D eigenvalue weighted by Gasteiger charge is -2.17. The molecule has 1 aromatic heterocycles. The lowest BCUT2D eigenvalue weighted by atomic mass is 10.0. The molecule has 1 nitrogen and oxygen atoms in total. The average molecular weight is 342 g/mol. The predicted molar refractivity (Wildman–Crippen MR) is 83.3 cm³/mol. The third-order valence-electron chi connectivity index (χ3n) is 3.15. The lowest BCUT2D eigenvalue weighted by Crippen LogP contribution is -2.19. The number of benzene rings is 1. The summed E-state index contributed by atoms with van der Waals surface area (Å²) in [5.74, 6) is -0.195. The molecule has 19 heavy (non-hydrogen) atoms. The van der Waals surface area contributed by atoms with Crippen molar-refractivity contribution in [2.75, 3.05) is 7.05 Å². The molecular formula is C15H17BrFNS. The molecule has 1 unspecified atom stereocenters. The van der Waals surface area contributed by atoms with Crippen LogP contribution in [0.1, 0.15) is 28.3 Å². The SMILES string of the molecule is CCc1ccc(CC(NC)c2cc(F)ccc2Br)s1. The van der Waals surface area contributed by atoms with E-state index in [9.17, 15) is 4.39 Å². The van der Waals surface area contributed by atoms with Gasteiger partial charge in [-0.05, 0) is 49.4 Å². The minimum atomic E-state index is -0.195. The standard InChI is InChI=1S/C15H17BrFNS/c1-3-11-5-6-12(19-11)9-15(18-2)13-8-10(17)4-7-14(13)16/h4-8,15,18H,3,9H2,1-2H3. The Morgan fingerprint density at radius 1 is 1.26 bits per heavy atom. The molecule has 0 amide bonds. The number of rotatable bonds is 5. The van der Waals surface area contributed by atoms with Crippen molar-refractivity contribution in [1.82, 2.24) is 5.32 Å². The van der Waals surface area contributed by atoms with Gasteiger partial charge in [0.05, 0.1) is 0 Å². The van der Waals surface area contributed by atoms with E-state index in [1.165, 1.54) is 15.8 Å². The molecule has 1 atom stereocenters. The number of halogens is 2. The summed E-state index contributed by atoms with van der Waals surface area (Å²) >= 11 is 5.33. The van der Waals surface area contributed by atoms with Gasteiger partial charge in [-0.1, -0.05) is 22.9 Å². The van der Waals surface area contributed by atoms with E-state index in [2.05, 4.69) is 40.3 Å². The zero-order valence-electron chi connectivity index (χ0n) is 11.0. The van der Waals surface area contributed by atoms with Crippen LogP contribution in [0.3, 0.4) is 0 Å². The van der Waals surface area contributed by atoms with Crippen molar-refractivity contribution in [3.8, 4) is 0 Å². The Bertz CT molecular complexity index is 553. The van der Waals surface area contributed by atoms with Crippen LogP contribution in [0.2, 0.25) is 0 Å². The number of thiophene rings is 1. The second kappa shape index (κ2) is 6.64. The van der Waals surface area contributed by atoms with Crippen LogP contribution in [0, 0.1) is 5.82 Å². The van der Waals surface area contributed by atoms with Crippen LogP contribution in [0.4, 0.5) is 4.39 Å². The normalized spacial score (nSPS) is 12.6. The molecule has 1 aromatic carbocycles. The quantitative estimate of drug-likeness (QED) is 0.829. The van der Waals surface area contributed by atoms with E-state index in [1.54, 1.807) is 12.1 Å². The van der Waals surface area contributed by atoms with Gasteiger partial charge in [-0.15, -0.1) is 11.3 Å². The number of nitrogens with one attached hydrogen (secondary N) is 1. The zero-order valence-corrected chi connectivity index (χ0v) is 13.4. The van der Waals surface area contributed by atoms with E-state index < -0.39 is 0 Å². The molecular weight excluding hydrogens is 325 g/mol. The van der Waals surface area contributed by atoms with Gasteiger partial charge in [0.1, 0.15) is 5.82 Å². The number of hydrogen-bond donors (Lipinski definition) is 1. The highest BCUT2D eigenvalue weighted by Crippen LogP contribution is 2.29. The number of aryl methyl sites for hydroxylation is 1. The molecule has 1 N–H and O–H groups in total. The Morgan fingerprint density at radius 3 is 2.63 bits per heavy atom. The fraction of sp³-hybridized carbons (Fsp3) is 0.333. The van der Waals surface area contributed by atoms with Gasteiger partial charge < -0.3 is 5.32 Å². The third kappa shape index (κ3) is 3.65. The molecule has 0 saturated heterocycles. The summed E-state index contributed by atoms with van der Waals surface area (Å²) in [6.45, 7) is 2.16. The van der Waals surface area contributed by atoms with Gasteiger partial charge in [0.2, 0.25) is 0 Å². The largest absolute Gasteiger partial charge is 0.313 e. The van der Waals surface area contributed by atoms with Crippen LogP contribution in [0.25, 0.3) is 0 Å². The summed E-state index contributed by atoms with van der Waals surface area (Å²) in [5, 5.41) is 3.27. The molecule has 1 heterocycles. The van der Waals surface area contributed by atoms with Crippen LogP contribution in [0.5, 0.6) is 0 Å². The van der Waals surface area contributed by atoms with E-state index in [0.717, 1.165) is 22.9 Å². The van der Waals surface area contributed by atoms with E-state index in [-0.39, 0.29) is 11.9 Å². The van der Waals surface area contributed by atoms with Crippen molar-refractivity contribution in [1.29, 1.82) is 0 Å². The Balaban J connectivity index is 2.22. The summed E-state index contributed by atoms with van der Waals surface area (Å²) in [6, 6.07) is 9.30. The Hall–Kier alpha value is -0.710. The van der Waals surface area contributed by atoms with Crippen molar-refractivity contribution < 1.29 is 4.39 Å². The predicted octanol–water partition coefficient (Wildman–Crippen LogP) is 4.72. The van der Waals surface area contributed by atoms with Gasteiger partial charge in [0.15, 0.2) is 0 Å². The summed E-state index contributed by atoms with van der Waals surface area (Å²) < 4.78 is 14.3. The van der Waals surface area contributed by atoms with E-state index >= 15 is 0 Å².